The predicted molar refractivity (Wildman–Crippen MR) is 64.1 cm³/mol. The molecular weight excluding hydrogens is 261 g/mol. The average molecular weight is 282 g/mol. The van der Waals surface area contributed by atoms with Crippen molar-refractivity contribution in [1.29, 1.82) is 0 Å². The fraction of sp³-hybridized carbons (Fsp3) is 1.00. The molecule has 7 heteroatoms. The van der Waals surface area contributed by atoms with Crippen LogP contribution in [0.4, 0.5) is 13.2 Å². The second-order valence-electron chi connectivity index (χ2n) is 5.11. The molecule has 112 valence electrons. The molecular formula is C12H21F3N2O2. The van der Waals surface area contributed by atoms with Crippen molar-refractivity contribution in [2.24, 2.45) is 0 Å². The van der Waals surface area contributed by atoms with Crippen LogP contribution in [0.5, 0.6) is 0 Å². The number of ether oxygens (including phenoxy) is 2. The van der Waals surface area contributed by atoms with Gasteiger partial charge >= 0.3 is 6.18 Å². The van der Waals surface area contributed by atoms with Gasteiger partial charge in [-0.2, -0.15) is 13.2 Å². The first-order valence-electron chi connectivity index (χ1n) is 6.74. The molecule has 0 aromatic carbocycles. The van der Waals surface area contributed by atoms with Crippen LogP contribution in [0.2, 0.25) is 0 Å². The molecule has 0 aromatic heterocycles. The minimum absolute atomic E-state index is 0.111. The SMILES string of the molecule is FC(F)(F)COCCN1CCOCC1CNC1CC1. The highest BCUT2D eigenvalue weighted by molar-refractivity contribution is 4.85. The molecule has 19 heavy (non-hydrogen) atoms. The minimum atomic E-state index is -4.24. The Morgan fingerprint density at radius 3 is 2.79 bits per heavy atom. The van der Waals surface area contributed by atoms with E-state index in [2.05, 4.69) is 15.0 Å². The van der Waals surface area contributed by atoms with Gasteiger partial charge in [0.1, 0.15) is 6.61 Å². The maximum Gasteiger partial charge on any atom is 0.411 e. The van der Waals surface area contributed by atoms with Crippen LogP contribution < -0.4 is 5.32 Å². The third-order valence-corrected chi connectivity index (χ3v) is 3.36. The van der Waals surface area contributed by atoms with Gasteiger partial charge in [-0.15, -0.1) is 0 Å². The first kappa shape index (κ1) is 15.0. The number of rotatable bonds is 7. The third kappa shape index (κ3) is 6.07. The van der Waals surface area contributed by atoms with E-state index in [1.54, 1.807) is 0 Å². The molecule has 1 heterocycles. The molecule has 2 rings (SSSR count). The fourth-order valence-electron chi connectivity index (χ4n) is 2.13. The van der Waals surface area contributed by atoms with Gasteiger partial charge in [0.05, 0.1) is 19.8 Å². The molecule has 1 N–H and O–H groups in total. The van der Waals surface area contributed by atoms with Crippen LogP contribution in [0.25, 0.3) is 0 Å². The highest BCUT2D eigenvalue weighted by Crippen LogP contribution is 2.19. The third-order valence-electron chi connectivity index (χ3n) is 3.36. The van der Waals surface area contributed by atoms with Crippen molar-refractivity contribution >= 4 is 0 Å². The van der Waals surface area contributed by atoms with E-state index in [9.17, 15) is 13.2 Å². The summed E-state index contributed by atoms with van der Waals surface area (Å²) in [6.07, 6.45) is -1.79. The van der Waals surface area contributed by atoms with Crippen molar-refractivity contribution < 1.29 is 22.6 Å². The lowest BCUT2D eigenvalue weighted by molar-refractivity contribution is -0.175. The number of alkyl halides is 3. The molecule has 0 spiro atoms. The van der Waals surface area contributed by atoms with Gasteiger partial charge < -0.3 is 14.8 Å². The van der Waals surface area contributed by atoms with Crippen molar-refractivity contribution in [2.45, 2.75) is 31.1 Å². The molecule has 2 fully saturated rings. The monoisotopic (exact) mass is 282 g/mol. The Bertz CT molecular complexity index is 272. The van der Waals surface area contributed by atoms with E-state index in [0.717, 1.165) is 13.1 Å². The van der Waals surface area contributed by atoms with Gasteiger partial charge in [0.25, 0.3) is 0 Å². The summed E-state index contributed by atoms with van der Waals surface area (Å²) in [5, 5.41) is 3.43. The predicted octanol–water partition coefficient (Wildman–Crippen LogP) is 1.02. The van der Waals surface area contributed by atoms with Crippen molar-refractivity contribution in [3.63, 3.8) is 0 Å². The maximum absolute atomic E-state index is 11.9. The summed E-state index contributed by atoms with van der Waals surface area (Å²) < 4.78 is 45.9. The molecule has 1 saturated carbocycles. The largest absolute Gasteiger partial charge is 0.411 e. The summed E-state index contributed by atoms with van der Waals surface area (Å²) in [7, 11) is 0. The fourth-order valence-corrected chi connectivity index (χ4v) is 2.13. The van der Waals surface area contributed by atoms with E-state index in [1.807, 2.05) is 0 Å². The Labute approximate surface area is 111 Å². The van der Waals surface area contributed by atoms with Crippen LogP contribution in [0.3, 0.4) is 0 Å². The number of halogens is 3. The highest BCUT2D eigenvalue weighted by atomic mass is 19.4. The molecule has 1 atom stereocenters. The molecule has 2 aliphatic rings. The van der Waals surface area contributed by atoms with Crippen molar-refractivity contribution in [3.05, 3.63) is 0 Å². The lowest BCUT2D eigenvalue weighted by atomic mass is 10.2. The maximum atomic E-state index is 11.9. The van der Waals surface area contributed by atoms with Crippen LogP contribution in [0, 0.1) is 0 Å². The van der Waals surface area contributed by atoms with E-state index in [1.165, 1.54) is 12.8 Å². The zero-order valence-electron chi connectivity index (χ0n) is 10.9. The average Bonchev–Trinajstić information content (AvgIpc) is 3.16. The van der Waals surface area contributed by atoms with Gasteiger partial charge in [-0.1, -0.05) is 0 Å². The van der Waals surface area contributed by atoms with Gasteiger partial charge in [-0.05, 0) is 12.8 Å². The van der Waals surface area contributed by atoms with Gasteiger partial charge in [0.15, 0.2) is 0 Å². The molecule has 1 aliphatic carbocycles. The van der Waals surface area contributed by atoms with E-state index >= 15 is 0 Å². The number of hydrogen-bond acceptors (Lipinski definition) is 4. The number of nitrogens with one attached hydrogen (secondary N) is 1. The smallest absolute Gasteiger partial charge is 0.378 e. The van der Waals surface area contributed by atoms with Crippen LogP contribution in [0.1, 0.15) is 12.8 Å². The van der Waals surface area contributed by atoms with Gasteiger partial charge in [-0.25, -0.2) is 0 Å². The molecule has 0 radical (unpaired) electrons. The quantitative estimate of drug-likeness (QED) is 0.707. The molecule has 0 amide bonds. The zero-order valence-corrected chi connectivity index (χ0v) is 10.9. The molecule has 0 bridgehead atoms. The van der Waals surface area contributed by atoms with Crippen LogP contribution in [-0.2, 0) is 9.47 Å². The Balaban J connectivity index is 1.63. The van der Waals surface area contributed by atoms with Gasteiger partial charge in [0.2, 0.25) is 0 Å². The second-order valence-corrected chi connectivity index (χ2v) is 5.11. The molecule has 1 aliphatic heterocycles. The Hall–Kier alpha value is -0.370. The first-order valence-corrected chi connectivity index (χ1v) is 6.74. The molecule has 1 saturated heterocycles. The topological polar surface area (TPSA) is 33.7 Å². The summed E-state index contributed by atoms with van der Waals surface area (Å²) in [6.45, 7) is 2.34. The van der Waals surface area contributed by atoms with E-state index in [4.69, 9.17) is 4.74 Å². The summed E-state index contributed by atoms with van der Waals surface area (Å²) in [4.78, 5) is 2.15. The molecule has 4 nitrogen and oxygen atoms in total. The summed E-state index contributed by atoms with van der Waals surface area (Å²) in [6, 6.07) is 0.870. The van der Waals surface area contributed by atoms with Gasteiger partial charge in [-0.3, -0.25) is 4.90 Å². The summed E-state index contributed by atoms with van der Waals surface area (Å²) >= 11 is 0. The van der Waals surface area contributed by atoms with E-state index in [0.29, 0.717) is 25.8 Å². The second kappa shape index (κ2) is 6.88. The van der Waals surface area contributed by atoms with Crippen LogP contribution in [0.15, 0.2) is 0 Å². The lowest BCUT2D eigenvalue weighted by Gasteiger charge is -2.35. The lowest BCUT2D eigenvalue weighted by Crippen LogP contribution is -2.51. The van der Waals surface area contributed by atoms with Crippen molar-refractivity contribution in [2.75, 3.05) is 46.1 Å². The zero-order chi connectivity index (χ0) is 13.7. The minimum Gasteiger partial charge on any atom is -0.378 e. The van der Waals surface area contributed by atoms with Crippen molar-refractivity contribution in [1.82, 2.24) is 10.2 Å². The standard InChI is InChI=1S/C12H21F3N2O2/c13-12(14,15)9-19-6-4-17-3-5-18-8-11(17)7-16-10-1-2-10/h10-11,16H,1-9H2. The Morgan fingerprint density at radius 1 is 1.32 bits per heavy atom. The number of hydrogen-bond donors (Lipinski definition) is 1. The number of nitrogens with zero attached hydrogens (tertiary/aromatic N) is 1. The van der Waals surface area contributed by atoms with E-state index in [-0.39, 0.29) is 12.6 Å². The number of morpholine rings is 1. The molecule has 0 aromatic rings. The Kier molecular flexibility index (Phi) is 5.44. The Morgan fingerprint density at radius 2 is 2.11 bits per heavy atom. The highest BCUT2D eigenvalue weighted by Gasteiger charge is 2.29. The van der Waals surface area contributed by atoms with E-state index < -0.39 is 12.8 Å². The summed E-state index contributed by atoms with van der Waals surface area (Å²) in [5.41, 5.74) is 0. The normalized spacial score (nSPS) is 25.7. The van der Waals surface area contributed by atoms with Crippen LogP contribution >= 0.6 is 0 Å². The first-order chi connectivity index (χ1) is 9.04. The van der Waals surface area contributed by atoms with Gasteiger partial charge in [0, 0.05) is 31.7 Å². The summed E-state index contributed by atoms with van der Waals surface area (Å²) in [5.74, 6) is 0. The van der Waals surface area contributed by atoms with Crippen LogP contribution in [-0.4, -0.2) is 69.2 Å². The van der Waals surface area contributed by atoms with Crippen molar-refractivity contribution in [3.8, 4) is 0 Å². The molecule has 1 unspecified atom stereocenters.